The van der Waals surface area contributed by atoms with E-state index >= 15 is 0 Å². The molecule has 1 aromatic heterocycles. The van der Waals surface area contributed by atoms with Crippen molar-refractivity contribution in [1.29, 1.82) is 0 Å². The van der Waals surface area contributed by atoms with Gasteiger partial charge in [-0.15, -0.1) is 11.3 Å². The van der Waals surface area contributed by atoms with E-state index in [1.165, 1.54) is 18.3 Å². The Bertz CT molecular complexity index is 735. The van der Waals surface area contributed by atoms with Gasteiger partial charge in [-0.3, -0.25) is 9.59 Å². The third kappa shape index (κ3) is 5.81. The number of esters is 1. The van der Waals surface area contributed by atoms with Crippen LogP contribution in [-0.2, 0) is 25.5 Å². The second-order valence-corrected chi connectivity index (χ2v) is 6.48. The number of methoxy groups -OCH3 is 1. The molecule has 0 spiro atoms. The molecule has 0 aliphatic carbocycles. The fourth-order valence-electron chi connectivity index (χ4n) is 2.01. The molecule has 1 atom stereocenters. The molecule has 25 heavy (non-hydrogen) atoms. The Morgan fingerprint density at radius 1 is 1.36 bits per heavy atom. The third-order valence-corrected chi connectivity index (χ3v) is 4.52. The van der Waals surface area contributed by atoms with Crippen LogP contribution >= 0.6 is 22.9 Å². The van der Waals surface area contributed by atoms with Crippen LogP contribution in [-0.4, -0.2) is 43.2 Å². The number of nitrogens with zero attached hydrogens (tertiary/aromatic N) is 1. The van der Waals surface area contributed by atoms with E-state index in [-0.39, 0.29) is 12.3 Å². The Balaban J connectivity index is 1.89. The predicted molar refractivity (Wildman–Crippen MR) is 96.7 cm³/mol. The maximum atomic E-state index is 12.0. The minimum absolute atomic E-state index is 0.00333. The summed E-state index contributed by atoms with van der Waals surface area (Å²) in [5, 5.41) is 5.73. The van der Waals surface area contributed by atoms with E-state index in [1.54, 1.807) is 18.6 Å². The summed E-state index contributed by atoms with van der Waals surface area (Å²) in [4.78, 5) is 28.2. The molecule has 1 amide bonds. The maximum absolute atomic E-state index is 12.0. The second kappa shape index (κ2) is 9.50. The molecular weight excluding hydrogens is 364 g/mol. The van der Waals surface area contributed by atoms with Crippen LogP contribution in [0.25, 0.3) is 10.6 Å². The fraction of sp³-hybridized carbons (Fsp3) is 0.353. The van der Waals surface area contributed by atoms with Gasteiger partial charge in [-0.25, -0.2) is 4.98 Å². The highest BCUT2D eigenvalue weighted by Gasteiger charge is 2.18. The van der Waals surface area contributed by atoms with Crippen molar-refractivity contribution in [1.82, 2.24) is 10.3 Å². The molecule has 0 bridgehead atoms. The number of aromatic nitrogens is 1. The standard InChI is InChI=1S/C17H19ClN2O4S/c1-11(16(22)19-7-8-23-2)24-15(21)9-12-10-25-17(20-12)13-5-3-4-6-14(13)18/h3-6,10-11H,7-9H2,1-2H3,(H,19,22)/t11-/m0/s1. The fourth-order valence-corrected chi connectivity index (χ4v) is 3.15. The molecule has 0 aliphatic heterocycles. The average Bonchev–Trinajstić information content (AvgIpc) is 3.03. The first kappa shape index (κ1) is 19.4. The number of carbonyl (C=O) groups excluding carboxylic acids is 2. The SMILES string of the molecule is COCCNC(=O)[C@H](C)OC(=O)Cc1csc(-c2ccccc2Cl)n1. The molecular formula is C17H19ClN2O4S. The number of nitrogens with one attached hydrogen (secondary N) is 1. The van der Waals surface area contributed by atoms with Crippen molar-refractivity contribution < 1.29 is 19.1 Å². The van der Waals surface area contributed by atoms with Gasteiger partial charge in [0.1, 0.15) is 5.01 Å². The molecule has 0 aliphatic rings. The van der Waals surface area contributed by atoms with Gasteiger partial charge < -0.3 is 14.8 Å². The molecule has 6 nitrogen and oxygen atoms in total. The molecule has 0 radical (unpaired) electrons. The third-order valence-electron chi connectivity index (χ3n) is 3.26. The summed E-state index contributed by atoms with van der Waals surface area (Å²) in [6.45, 7) is 2.29. The second-order valence-electron chi connectivity index (χ2n) is 5.22. The molecule has 0 saturated heterocycles. The van der Waals surface area contributed by atoms with Crippen molar-refractivity contribution in [3.8, 4) is 10.6 Å². The monoisotopic (exact) mass is 382 g/mol. The van der Waals surface area contributed by atoms with E-state index in [9.17, 15) is 9.59 Å². The minimum atomic E-state index is -0.869. The normalized spacial score (nSPS) is 11.8. The molecule has 2 aromatic rings. The molecule has 0 saturated carbocycles. The summed E-state index contributed by atoms with van der Waals surface area (Å²) in [7, 11) is 1.54. The molecule has 0 fully saturated rings. The first-order valence-corrected chi connectivity index (χ1v) is 8.92. The van der Waals surface area contributed by atoms with Gasteiger partial charge in [0, 0.05) is 24.6 Å². The number of carbonyl (C=O) groups is 2. The molecule has 0 unspecified atom stereocenters. The van der Waals surface area contributed by atoms with Gasteiger partial charge in [-0.1, -0.05) is 29.8 Å². The lowest BCUT2D eigenvalue weighted by molar-refractivity contribution is -0.154. The summed E-state index contributed by atoms with van der Waals surface area (Å²) < 4.78 is 9.97. The number of hydrogen-bond acceptors (Lipinski definition) is 6. The summed E-state index contributed by atoms with van der Waals surface area (Å²) in [6, 6.07) is 7.38. The van der Waals surface area contributed by atoms with Crippen molar-refractivity contribution in [3.05, 3.63) is 40.4 Å². The van der Waals surface area contributed by atoms with E-state index in [0.29, 0.717) is 23.9 Å². The molecule has 2 rings (SSSR count). The number of thiazole rings is 1. The number of hydrogen-bond donors (Lipinski definition) is 1. The summed E-state index contributed by atoms with van der Waals surface area (Å²) in [5.41, 5.74) is 1.40. The lowest BCUT2D eigenvalue weighted by Crippen LogP contribution is -2.37. The number of benzene rings is 1. The van der Waals surface area contributed by atoms with Crippen LogP contribution in [0.5, 0.6) is 0 Å². The maximum Gasteiger partial charge on any atom is 0.312 e. The zero-order chi connectivity index (χ0) is 18.2. The first-order chi connectivity index (χ1) is 12.0. The van der Waals surface area contributed by atoms with Crippen molar-refractivity contribution in [2.24, 2.45) is 0 Å². The van der Waals surface area contributed by atoms with Gasteiger partial charge in [-0.05, 0) is 13.0 Å². The van der Waals surface area contributed by atoms with Gasteiger partial charge in [0.25, 0.3) is 5.91 Å². The van der Waals surface area contributed by atoms with Crippen molar-refractivity contribution in [2.45, 2.75) is 19.4 Å². The Morgan fingerprint density at radius 2 is 2.12 bits per heavy atom. The van der Waals surface area contributed by atoms with Crippen molar-refractivity contribution in [3.63, 3.8) is 0 Å². The molecule has 1 N–H and O–H groups in total. The lowest BCUT2D eigenvalue weighted by atomic mass is 10.2. The van der Waals surface area contributed by atoms with Crippen molar-refractivity contribution >= 4 is 34.8 Å². The Hall–Kier alpha value is -1.96. The van der Waals surface area contributed by atoms with Crippen LogP contribution in [0, 0.1) is 0 Å². The Morgan fingerprint density at radius 3 is 2.84 bits per heavy atom. The van der Waals surface area contributed by atoms with E-state index < -0.39 is 12.1 Å². The van der Waals surface area contributed by atoms with Crippen LogP contribution < -0.4 is 5.32 Å². The summed E-state index contributed by atoms with van der Waals surface area (Å²) in [5.74, 6) is -0.870. The highest BCUT2D eigenvalue weighted by molar-refractivity contribution is 7.13. The van der Waals surface area contributed by atoms with Gasteiger partial charge >= 0.3 is 5.97 Å². The molecule has 1 heterocycles. The van der Waals surface area contributed by atoms with Crippen LogP contribution in [0.2, 0.25) is 5.02 Å². The van der Waals surface area contributed by atoms with Gasteiger partial charge in [-0.2, -0.15) is 0 Å². The zero-order valence-electron chi connectivity index (χ0n) is 14.0. The smallest absolute Gasteiger partial charge is 0.312 e. The Labute approximate surface area is 155 Å². The minimum Gasteiger partial charge on any atom is -0.452 e. The van der Waals surface area contributed by atoms with Crippen LogP contribution in [0.15, 0.2) is 29.6 Å². The predicted octanol–water partition coefficient (Wildman–Crippen LogP) is 2.70. The molecule has 134 valence electrons. The van der Waals surface area contributed by atoms with Gasteiger partial charge in [0.2, 0.25) is 0 Å². The zero-order valence-corrected chi connectivity index (χ0v) is 15.5. The van der Waals surface area contributed by atoms with Crippen molar-refractivity contribution in [2.75, 3.05) is 20.3 Å². The average molecular weight is 383 g/mol. The van der Waals surface area contributed by atoms with Crippen LogP contribution in [0.4, 0.5) is 0 Å². The van der Waals surface area contributed by atoms with Crippen LogP contribution in [0.1, 0.15) is 12.6 Å². The van der Waals surface area contributed by atoms with Gasteiger partial charge in [0.15, 0.2) is 6.10 Å². The quantitative estimate of drug-likeness (QED) is 0.561. The van der Waals surface area contributed by atoms with E-state index in [4.69, 9.17) is 21.1 Å². The number of rotatable bonds is 8. The van der Waals surface area contributed by atoms with E-state index in [0.717, 1.165) is 10.6 Å². The first-order valence-electron chi connectivity index (χ1n) is 7.66. The number of halogens is 1. The largest absolute Gasteiger partial charge is 0.452 e. The van der Waals surface area contributed by atoms with E-state index in [1.807, 2.05) is 18.2 Å². The highest BCUT2D eigenvalue weighted by Crippen LogP contribution is 2.30. The molecule has 1 aromatic carbocycles. The highest BCUT2D eigenvalue weighted by atomic mass is 35.5. The lowest BCUT2D eigenvalue weighted by Gasteiger charge is -2.12. The van der Waals surface area contributed by atoms with E-state index in [2.05, 4.69) is 10.3 Å². The summed E-state index contributed by atoms with van der Waals surface area (Å²) in [6.07, 6.45) is -0.873. The Kier molecular flexibility index (Phi) is 7.36. The van der Waals surface area contributed by atoms with Gasteiger partial charge in [0.05, 0.1) is 23.7 Å². The number of ether oxygens (including phenoxy) is 2. The summed E-state index contributed by atoms with van der Waals surface area (Å²) >= 11 is 7.55. The number of amides is 1. The molecule has 8 heteroatoms. The topological polar surface area (TPSA) is 77.5 Å². The van der Waals surface area contributed by atoms with Crippen LogP contribution in [0.3, 0.4) is 0 Å².